The van der Waals surface area contributed by atoms with Crippen molar-refractivity contribution < 1.29 is 4.79 Å². The Bertz CT molecular complexity index is 556. The van der Waals surface area contributed by atoms with Gasteiger partial charge in [0.1, 0.15) is 5.69 Å². The Morgan fingerprint density at radius 3 is 2.84 bits per heavy atom. The summed E-state index contributed by atoms with van der Waals surface area (Å²) in [5.41, 5.74) is 1.14. The van der Waals surface area contributed by atoms with Gasteiger partial charge in [0, 0.05) is 11.6 Å². The average molecular weight is 259 g/mol. The molecule has 19 heavy (non-hydrogen) atoms. The minimum absolute atomic E-state index is 0.0107. The van der Waals surface area contributed by atoms with E-state index in [1.807, 2.05) is 32.9 Å². The fourth-order valence-corrected chi connectivity index (χ4v) is 1.43. The van der Waals surface area contributed by atoms with E-state index in [9.17, 15) is 4.79 Å². The SMILES string of the molecule is CC(C)(C)C(=O)NCc1cn(-c2cccnc2)nn1. The summed E-state index contributed by atoms with van der Waals surface area (Å²) in [5.74, 6) is -0.0107. The van der Waals surface area contributed by atoms with E-state index in [0.717, 1.165) is 5.69 Å². The normalized spacial score (nSPS) is 11.3. The van der Waals surface area contributed by atoms with E-state index in [1.165, 1.54) is 0 Å². The number of amides is 1. The number of hydrogen-bond donors (Lipinski definition) is 1. The molecule has 2 rings (SSSR count). The molecule has 0 fully saturated rings. The van der Waals surface area contributed by atoms with Gasteiger partial charge in [-0.05, 0) is 12.1 Å². The fraction of sp³-hybridized carbons (Fsp3) is 0.385. The summed E-state index contributed by atoms with van der Waals surface area (Å²) in [6, 6.07) is 3.72. The number of rotatable bonds is 3. The second-order valence-corrected chi connectivity index (χ2v) is 5.30. The lowest BCUT2D eigenvalue weighted by molar-refractivity contribution is -0.128. The molecule has 2 aromatic heterocycles. The van der Waals surface area contributed by atoms with Gasteiger partial charge >= 0.3 is 0 Å². The molecule has 1 N–H and O–H groups in total. The molecule has 6 heteroatoms. The molecule has 0 aromatic carbocycles. The van der Waals surface area contributed by atoms with Gasteiger partial charge in [0.05, 0.1) is 24.6 Å². The molecule has 100 valence electrons. The molecular weight excluding hydrogens is 242 g/mol. The van der Waals surface area contributed by atoms with Crippen LogP contribution < -0.4 is 5.32 Å². The number of aromatic nitrogens is 4. The first-order valence-electron chi connectivity index (χ1n) is 6.07. The summed E-state index contributed by atoms with van der Waals surface area (Å²) in [5, 5.41) is 10.9. The molecule has 0 aliphatic rings. The van der Waals surface area contributed by atoms with Gasteiger partial charge in [-0.2, -0.15) is 0 Å². The zero-order chi connectivity index (χ0) is 13.9. The molecule has 0 saturated heterocycles. The van der Waals surface area contributed by atoms with Crippen LogP contribution in [0.3, 0.4) is 0 Å². The van der Waals surface area contributed by atoms with E-state index in [1.54, 1.807) is 23.3 Å². The molecule has 0 aliphatic heterocycles. The Morgan fingerprint density at radius 1 is 1.42 bits per heavy atom. The summed E-state index contributed by atoms with van der Waals surface area (Å²) in [6.07, 6.45) is 5.18. The third-order valence-corrected chi connectivity index (χ3v) is 2.56. The molecule has 0 aliphatic carbocycles. The van der Waals surface area contributed by atoms with Crippen LogP contribution in [0.2, 0.25) is 0 Å². The fourth-order valence-electron chi connectivity index (χ4n) is 1.43. The van der Waals surface area contributed by atoms with Gasteiger partial charge in [-0.15, -0.1) is 5.10 Å². The number of carbonyl (C=O) groups excluding carboxylic acids is 1. The van der Waals surface area contributed by atoms with E-state index in [0.29, 0.717) is 12.2 Å². The first-order valence-corrected chi connectivity index (χ1v) is 6.07. The topological polar surface area (TPSA) is 72.7 Å². The highest BCUT2D eigenvalue weighted by atomic mass is 16.2. The summed E-state index contributed by atoms with van der Waals surface area (Å²) in [7, 11) is 0. The lowest BCUT2D eigenvalue weighted by Gasteiger charge is -2.16. The average Bonchev–Trinajstić information content (AvgIpc) is 2.84. The van der Waals surface area contributed by atoms with Gasteiger partial charge in [-0.25, -0.2) is 4.68 Å². The van der Waals surface area contributed by atoms with Gasteiger partial charge in [-0.1, -0.05) is 26.0 Å². The van der Waals surface area contributed by atoms with Crippen molar-refractivity contribution in [2.24, 2.45) is 5.41 Å². The molecule has 0 saturated carbocycles. The molecule has 0 atom stereocenters. The zero-order valence-electron chi connectivity index (χ0n) is 11.3. The minimum atomic E-state index is -0.403. The van der Waals surface area contributed by atoms with Gasteiger partial charge in [0.15, 0.2) is 0 Å². The van der Waals surface area contributed by atoms with Gasteiger partial charge in [0.25, 0.3) is 0 Å². The molecule has 0 bridgehead atoms. The summed E-state index contributed by atoms with van der Waals surface area (Å²) >= 11 is 0. The zero-order valence-corrected chi connectivity index (χ0v) is 11.3. The second kappa shape index (κ2) is 5.17. The van der Waals surface area contributed by atoms with Crippen LogP contribution in [0.4, 0.5) is 0 Å². The summed E-state index contributed by atoms with van der Waals surface area (Å²) in [4.78, 5) is 15.8. The predicted molar refractivity (Wildman–Crippen MR) is 70.5 cm³/mol. The maximum absolute atomic E-state index is 11.7. The van der Waals surface area contributed by atoms with Crippen molar-refractivity contribution in [2.75, 3.05) is 0 Å². The van der Waals surface area contributed by atoms with Crippen molar-refractivity contribution >= 4 is 5.91 Å². The lowest BCUT2D eigenvalue weighted by atomic mass is 9.96. The lowest BCUT2D eigenvalue weighted by Crippen LogP contribution is -2.34. The number of pyridine rings is 1. The van der Waals surface area contributed by atoms with Crippen LogP contribution in [0, 0.1) is 5.41 Å². The van der Waals surface area contributed by atoms with Crippen LogP contribution in [0.1, 0.15) is 26.5 Å². The minimum Gasteiger partial charge on any atom is -0.350 e. The predicted octanol–water partition coefficient (Wildman–Crippen LogP) is 1.32. The van der Waals surface area contributed by atoms with E-state index >= 15 is 0 Å². The van der Waals surface area contributed by atoms with Crippen molar-refractivity contribution in [3.63, 3.8) is 0 Å². The smallest absolute Gasteiger partial charge is 0.225 e. The molecule has 1 amide bonds. The van der Waals surface area contributed by atoms with Crippen LogP contribution in [-0.4, -0.2) is 25.9 Å². The Labute approximate surface area is 111 Å². The molecule has 0 unspecified atom stereocenters. The van der Waals surface area contributed by atoms with Gasteiger partial charge in [-0.3, -0.25) is 9.78 Å². The number of hydrogen-bond acceptors (Lipinski definition) is 4. The Kier molecular flexibility index (Phi) is 3.59. The van der Waals surface area contributed by atoms with Crippen LogP contribution in [0.25, 0.3) is 5.69 Å². The van der Waals surface area contributed by atoms with Crippen LogP contribution in [0.15, 0.2) is 30.7 Å². The van der Waals surface area contributed by atoms with E-state index < -0.39 is 5.41 Å². The third-order valence-electron chi connectivity index (χ3n) is 2.56. The van der Waals surface area contributed by atoms with Gasteiger partial charge in [0.2, 0.25) is 5.91 Å². The second-order valence-electron chi connectivity index (χ2n) is 5.30. The third kappa shape index (κ3) is 3.37. The number of carbonyl (C=O) groups is 1. The standard InChI is InChI=1S/C13H17N5O/c1-13(2,3)12(19)15-7-10-9-18(17-16-10)11-5-4-6-14-8-11/h4-6,8-9H,7H2,1-3H3,(H,15,19). The van der Waals surface area contributed by atoms with Crippen molar-refractivity contribution in [3.8, 4) is 5.69 Å². The molecule has 0 spiro atoms. The highest BCUT2D eigenvalue weighted by molar-refractivity contribution is 5.81. The van der Waals surface area contributed by atoms with Crippen molar-refractivity contribution in [3.05, 3.63) is 36.4 Å². The Morgan fingerprint density at radius 2 is 2.21 bits per heavy atom. The van der Waals surface area contributed by atoms with E-state index in [4.69, 9.17) is 0 Å². The molecule has 0 radical (unpaired) electrons. The highest BCUT2D eigenvalue weighted by Crippen LogP contribution is 2.12. The Balaban J connectivity index is 2.01. The molecule has 2 aromatic rings. The summed E-state index contributed by atoms with van der Waals surface area (Å²) in [6.45, 7) is 5.98. The quantitative estimate of drug-likeness (QED) is 0.902. The number of nitrogens with zero attached hydrogens (tertiary/aromatic N) is 4. The Hall–Kier alpha value is -2.24. The van der Waals surface area contributed by atoms with Crippen LogP contribution in [0.5, 0.6) is 0 Å². The van der Waals surface area contributed by atoms with Crippen molar-refractivity contribution in [2.45, 2.75) is 27.3 Å². The monoisotopic (exact) mass is 259 g/mol. The van der Waals surface area contributed by atoms with Crippen molar-refractivity contribution in [1.29, 1.82) is 0 Å². The number of nitrogens with one attached hydrogen (secondary N) is 1. The largest absolute Gasteiger partial charge is 0.350 e. The molecule has 2 heterocycles. The highest BCUT2D eigenvalue weighted by Gasteiger charge is 2.20. The summed E-state index contributed by atoms with van der Waals surface area (Å²) < 4.78 is 1.63. The van der Waals surface area contributed by atoms with Crippen molar-refractivity contribution in [1.82, 2.24) is 25.3 Å². The maximum atomic E-state index is 11.7. The van der Waals surface area contributed by atoms with Crippen LogP contribution >= 0.6 is 0 Å². The molecule has 6 nitrogen and oxygen atoms in total. The van der Waals surface area contributed by atoms with E-state index in [-0.39, 0.29) is 5.91 Å². The van der Waals surface area contributed by atoms with Gasteiger partial charge < -0.3 is 5.32 Å². The van der Waals surface area contributed by atoms with Crippen LogP contribution in [-0.2, 0) is 11.3 Å². The maximum Gasteiger partial charge on any atom is 0.225 e. The molecular formula is C13H17N5O. The first kappa shape index (κ1) is 13.2. The first-order chi connectivity index (χ1) is 8.97. The van der Waals surface area contributed by atoms with E-state index in [2.05, 4.69) is 20.6 Å².